The number of ether oxygens (including phenoxy) is 1. The summed E-state index contributed by atoms with van der Waals surface area (Å²) in [7, 11) is 0. The monoisotopic (exact) mass is 258 g/mol. The van der Waals surface area contributed by atoms with Gasteiger partial charge in [-0.05, 0) is 30.7 Å². The van der Waals surface area contributed by atoms with Crippen LogP contribution in [0.25, 0.3) is 5.65 Å². The summed E-state index contributed by atoms with van der Waals surface area (Å²) in [6.45, 7) is 1.84. The third-order valence-corrected chi connectivity index (χ3v) is 2.51. The Kier molecular flexibility index (Phi) is 2.45. The van der Waals surface area contributed by atoms with Crippen molar-refractivity contribution in [2.24, 2.45) is 0 Å². The largest absolute Gasteiger partial charge is 0.508 e. The van der Waals surface area contributed by atoms with Crippen LogP contribution in [0.1, 0.15) is 5.56 Å². The summed E-state index contributed by atoms with van der Waals surface area (Å²) in [5, 5.41) is 19.5. The molecule has 0 bridgehead atoms. The van der Waals surface area contributed by atoms with E-state index in [0.29, 0.717) is 11.4 Å². The lowest BCUT2D eigenvalue weighted by molar-refractivity contribution is 0.437. The van der Waals surface area contributed by atoms with Crippen LogP contribution in [-0.4, -0.2) is 24.9 Å². The van der Waals surface area contributed by atoms with Crippen molar-refractivity contribution < 1.29 is 9.84 Å². The van der Waals surface area contributed by atoms with Crippen molar-refractivity contribution in [3.8, 4) is 17.4 Å². The summed E-state index contributed by atoms with van der Waals surface area (Å²) in [4.78, 5) is 11.4. The first-order chi connectivity index (χ1) is 9.11. The SMILES string of the molecule is Cc1cc(O)cc(Oc2ccc3n[nH]c(=O)n3n2)c1. The third kappa shape index (κ3) is 2.13. The van der Waals surface area contributed by atoms with Crippen LogP contribution in [0, 0.1) is 6.92 Å². The van der Waals surface area contributed by atoms with E-state index in [9.17, 15) is 9.90 Å². The Morgan fingerprint density at radius 3 is 2.95 bits per heavy atom. The van der Waals surface area contributed by atoms with Gasteiger partial charge in [0, 0.05) is 12.1 Å². The molecule has 0 saturated heterocycles. The van der Waals surface area contributed by atoms with Gasteiger partial charge in [-0.25, -0.2) is 9.89 Å². The van der Waals surface area contributed by atoms with Gasteiger partial charge >= 0.3 is 5.69 Å². The molecule has 2 heterocycles. The lowest BCUT2D eigenvalue weighted by atomic mass is 10.2. The molecular weight excluding hydrogens is 248 g/mol. The lowest BCUT2D eigenvalue weighted by Crippen LogP contribution is -2.12. The minimum absolute atomic E-state index is 0.108. The van der Waals surface area contributed by atoms with E-state index in [4.69, 9.17) is 4.74 Å². The van der Waals surface area contributed by atoms with Crippen molar-refractivity contribution in [3.63, 3.8) is 0 Å². The molecule has 0 atom stereocenters. The second-order valence-corrected chi connectivity index (χ2v) is 4.08. The second-order valence-electron chi connectivity index (χ2n) is 4.08. The number of phenols is 1. The molecule has 1 aromatic carbocycles. The van der Waals surface area contributed by atoms with Gasteiger partial charge in [0.15, 0.2) is 5.65 Å². The van der Waals surface area contributed by atoms with Crippen molar-refractivity contribution in [3.05, 3.63) is 46.4 Å². The van der Waals surface area contributed by atoms with E-state index in [1.807, 2.05) is 6.92 Å². The predicted octanol–water partition coefficient (Wildman–Crippen LogP) is 1.22. The molecule has 19 heavy (non-hydrogen) atoms. The van der Waals surface area contributed by atoms with Crippen molar-refractivity contribution in [1.82, 2.24) is 19.8 Å². The fraction of sp³-hybridized carbons (Fsp3) is 0.0833. The van der Waals surface area contributed by atoms with Gasteiger partial charge in [-0.15, -0.1) is 5.10 Å². The molecule has 0 spiro atoms. The molecule has 2 N–H and O–H groups in total. The van der Waals surface area contributed by atoms with Crippen molar-refractivity contribution >= 4 is 5.65 Å². The molecule has 0 aliphatic heterocycles. The van der Waals surface area contributed by atoms with Crippen molar-refractivity contribution in [2.75, 3.05) is 0 Å². The standard InChI is InChI=1S/C12H10N4O3/c1-7-4-8(17)6-9(5-7)19-11-3-2-10-13-14-12(18)16(10)15-11/h2-6,17H,1H3,(H,14,18). The van der Waals surface area contributed by atoms with Crippen LogP contribution in [-0.2, 0) is 0 Å². The van der Waals surface area contributed by atoms with Crippen LogP contribution in [0.2, 0.25) is 0 Å². The van der Waals surface area contributed by atoms with Gasteiger partial charge in [-0.2, -0.15) is 9.61 Å². The normalized spacial score (nSPS) is 10.8. The number of aromatic amines is 1. The molecule has 2 aromatic heterocycles. The third-order valence-electron chi connectivity index (χ3n) is 2.51. The number of rotatable bonds is 2. The highest BCUT2D eigenvalue weighted by Crippen LogP contribution is 2.25. The Hall–Kier alpha value is -2.83. The number of phenolic OH excluding ortho intramolecular Hbond substituents is 1. The van der Waals surface area contributed by atoms with Crippen molar-refractivity contribution in [1.29, 1.82) is 0 Å². The van der Waals surface area contributed by atoms with Crippen LogP contribution in [0.5, 0.6) is 17.4 Å². The van der Waals surface area contributed by atoms with Gasteiger partial charge in [0.2, 0.25) is 5.88 Å². The topological polar surface area (TPSA) is 92.5 Å². The quantitative estimate of drug-likeness (QED) is 0.721. The maximum atomic E-state index is 11.4. The summed E-state index contributed by atoms with van der Waals surface area (Å²) in [5.74, 6) is 0.790. The van der Waals surface area contributed by atoms with E-state index in [-0.39, 0.29) is 11.6 Å². The van der Waals surface area contributed by atoms with E-state index >= 15 is 0 Å². The molecule has 0 radical (unpaired) electrons. The molecule has 0 unspecified atom stereocenters. The molecule has 3 rings (SSSR count). The van der Waals surface area contributed by atoms with Crippen LogP contribution in [0.3, 0.4) is 0 Å². The summed E-state index contributed by atoms with van der Waals surface area (Å²) >= 11 is 0. The summed E-state index contributed by atoms with van der Waals surface area (Å²) in [5.41, 5.74) is 0.827. The Balaban J connectivity index is 2.00. The highest BCUT2D eigenvalue weighted by atomic mass is 16.5. The molecular formula is C12H10N4O3. The zero-order valence-corrected chi connectivity index (χ0v) is 9.99. The minimum atomic E-state index is -0.437. The van der Waals surface area contributed by atoms with Crippen molar-refractivity contribution in [2.45, 2.75) is 6.92 Å². The number of aryl methyl sites for hydroxylation is 1. The van der Waals surface area contributed by atoms with E-state index in [2.05, 4.69) is 15.3 Å². The maximum absolute atomic E-state index is 11.4. The van der Waals surface area contributed by atoms with Gasteiger partial charge in [-0.3, -0.25) is 0 Å². The molecule has 0 saturated carbocycles. The number of aromatic nitrogens is 4. The fourth-order valence-electron chi connectivity index (χ4n) is 1.75. The number of fused-ring (bicyclic) bond motifs is 1. The number of hydrogen-bond donors (Lipinski definition) is 2. The zero-order valence-electron chi connectivity index (χ0n) is 9.99. The molecule has 7 heteroatoms. The summed E-state index contributed by atoms with van der Waals surface area (Å²) in [6.07, 6.45) is 0. The number of nitrogens with zero attached hydrogens (tertiary/aromatic N) is 3. The first-order valence-corrected chi connectivity index (χ1v) is 5.55. The summed E-state index contributed by atoms with van der Waals surface area (Å²) < 4.78 is 6.60. The first kappa shape index (κ1) is 11.3. The molecule has 0 fully saturated rings. The summed E-state index contributed by atoms with van der Waals surface area (Å²) in [6, 6.07) is 8.04. The molecule has 7 nitrogen and oxygen atoms in total. The van der Waals surface area contributed by atoms with Crippen LogP contribution < -0.4 is 10.4 Å². The lowest BCUT2D eigenvalue weighted by Gasteiger charge is -2.06. The number of benzene rings is 1. The molecule has 0 amide bonds. The van der Waals surface area contributed by atoms with E-state index < -0.39 is 5.69 Å². The Labute approximate surface area is 107 Å². The van der Waals surface area contributed by atoms with Gasteiger partial charge in [0.05, 0.1) is 0 Å². The smallest absolute Gasteiger partial charge is 0.364 e. The van der Waals surface area contributed by atoms with E-state index in [0.717, 1.165) is 10.1 Å². The fourth-order valence-corrected chi connectivity index (χ4v) is 1.75. The van der Waals surface area contributed by atoms with Crippen LogP contribution in [0.15, 0.2) is 35.1 Å². The van der Waals surface area contributed by atoms with Crippen LogP contribution >= 0.6 is 0 Å². The molecule has 0 aliphatic rings. The molecule has 96 valence electrons. The van der Waals surface area contributed by atoms with E-state index in [1.54, 1.807) is 24.3 Å². The number of nitrogens with one attached hydrogen (secondary N) is 1. The van der Waals surface area contributed by atoms with Gasteiger partial charge in [0.1, 0.15) is 11.5 Å². The van der Waals surface area contributed by atoms with Gasteiger partial charge in [0.25, 0.3) is 0 Å². The Morgan fingerprint density at radius 2 is 2.16 bits per heavy atom. The molecule has 3 aromatic rings. The average molecular weight is 258 g/mol. The van der Waals surface area contributed by atoms with Gasteiger partial charge in [-0.1, -0.05) is 0 Å². The molecule has 0 aliphatic carbocycles. The predicted molar refractivity (Wildman–Crippen MR) is 66.5 cm³/mol. The average Bonchev–Trinajstić information content (AvgIpc) is 2.70. The minimum Gasteiger partial charge on any atom is -0.508 e. The van der Waals surface area contributed by atoms with E-state index in [1.165, 1.54) is 6.07 Å². The first-order valence-electron chi connectivity index (χ1n) is 5.55. The number of H-pyrrole nitrogens is 1. The Bertz CT molecular complexity index is 786. The number of aromatic hydroxyl groups is 1. The maximum Gasteiger partial charge on any atom is 0.364 e. The Morgan fingerprint density at radius 1 is 1.32 bits per heavy atom. The second kappa shape index (κ2) is 4.13. The van der Waals surface area contributed by atoms with Crippen LogP contribution in [0.4, 0.5) is 0 Å². The highest BCUT2D eigenvalue weighted by molar-refractivity contribution is 5.40. The van der Waals surface area contributed by atoms with Gasteiger partial charge < -0.3 is 9.84 Å². The number of hydrogen-bond acceptors (Lipinski definition) is 5. The zero-order chi connectivity index (χ0) is 13.4. The highest BCUT2D eigenvalue weighted by Gasteiger charge is 2.05.